The number of rotatable bonds is 4. The second-order valence-electron chi connectivity index (χ2n) is 6.37. The Labute approximate surface area is 165 Å². The molecule has 0 radical (unpaired) electrons. The molecule has 11 heteroatoms. The molecule has 0 aliphatic carbocycles. The highest BCUT2D eigenvalue weighted by atomic mass is 19.4. The van der Waals surface area contributed by atoms with Crippen molar-refractivity contribution in [3.8, 4) is 11.4 Å². The summed E-state index contributed by atoms with van der Waals surface area (Å²) in [5.74, 6) is -1.50. The third kappa shape index (κ3) is 4.14. The van der Waals surface area contributed by atoms with Gasteiger partial charge in [0, 0.05) is 18.0 Å². The van der Waals surface area contributed by atoms with Gasteiger partial charge in [0.25, 0.3) is 0 Å². The Balaban J connectivity index is 2.24. The Hall–Kier alpha value is -3.37. The molecule has 0 aliphatic heterocycles. The number of imidazole rings is 1. The zero-order valence-corrected chi connectivity index (χ0v) is 15.2. The molecule has 0 saturated heterocycles. The van der Waals surface area contributed by atoms with E-state index in [9.17, 15) is 36.2 Å². The Morgan fingerprint density at radius 3 is 2.33 bits per heavy atom. The predicted octanol–water partition coefficient (Wildman–Crippen LogP) is 5.04. The van der Waals surface area contributed by atoms with Gasteiger partial charge in [-0.3, -0.25) is 4.98 Å². The van der Waals surface area contributed by atoms with E-state index in [0.717, 1.165) is 4.57 Å². The Morgan fingerprint density at radius 2 is 1.80 bits per heavy atom. The van der Waals surface area contributed by atoms with Gasteiger partial charge in [-0.2, -0.15) is 26.3 Å². The monoisotopic (exact) mass is 429 g/mol. The summed E-state index contributed by atoms with van der Waals surface area (Å²) in [5.41, 5.74) is -3.44. The zero-order valence-electron chi connectivity index (χ0n) is 15.2. The molecule has 0 amide bonds. The number of pyridine rings is 1. The highest BCUT2D eigenvalue weighted by molar-refractivity contribution is 5.88. The molecule has 5 nitrogen and oxygen atoms in total. The number of hydrogen-bond donors (Lipinski definition) is 1. The molecule has 0 aliphatic rings. The SMILES string of the molecule is Cc1nc(-c2cccnc2)n(Cc2cc(C(F)(F)F)ccc2C(F)(F)F)c1C(=O)O. The van der Waals surface area contributed by atoms with Crippen molar-refractivity contribution in [1.82, 2.24) is 14.5 Å². The van der Waals surface area contributed by atoms with Crippen molar-refractivity contribution < 1.29 is 36.2 Å². The van der Waals surface area contributed by atoms with Gasteiger partial charge in [-0.25, -0.2) is 9.78 Å². The van der Waals surface area contributed by atoms with Crippen LogP contribution in [0.3, 0.4) is 0 Å². The fourth-order valence-corrected chi connectivity index (χ4v) is 3.06. The summed E-state index contributed by atoms with van der Waals surface area (Å²) in [7, 11) is 0. The molecule has 0 fully saturated rings. The van der Waals surface area contributed by atoms with Crippen LogP contribution >= 0.6 is 0 Å². The van der Waals surface area contributed by atoms with Crippen molar-refractivity contribution >= 4 is 5.97 Å². The lowest BCUT2D eigenvalue weighted by Crippen LogP contribution is -2.17. The van der Waals surface area contributed by atoms with Crippen molar-refractivity contribution in [2.75, 3.05) is 0 Å². The van der Waals surface area contributed by atoms with Gasteiger partial charge < -0.3 is 9.67 Å². The minimum atomic E-state index is -4.94. The van der Waals surface area contributed by atoms with E-state index >= 15 is 0 Å². The molecule has 0 bridgehead atoms. The molecule has 30 heavy (non-hydrogen) atoms. The third-order valence-electron chi connectivity index (χ3n) is 4.33. The number of hydrogen-bond acceptors (Lipinski definition) is 3. The first-order valence-corrected chi connectivity index (χ1v) is 8.37. The van der Waals surface area contributed by atoms with Gasteiger partial charge in [-0.1, -0.05) is 0 Å². The number of carboxylic acids is 1. The van der Waals surface area contributed by atoms with Gasteiger partial charge in [0.05, 0.1) is 23.4 Å². The Kier molecular flexibility index (Phi) is 5.31. The maximum Gasteiger partial charge on any atom is 0.416 e. The van der Waals surface area contributed by atoms with Gasteiger partial charge in [0.1, 0.15) is 5.82 Å². The minimum absolute atomic E-state index is 0.00175. The van der Waals surface area contributed by atoms with Gasteiger partial charge in [-0.05, 0) is 42.8 Å². The van der Waals surface area contributed by atoms with E-state index in [4.69, 9.17) is 0 Å². The smallest absolute Gasteiger partial charge is 0.416 e. The summed E-state index contributed by atoms with van der Waals surface area (Å²) in [6.45, 7) is 0.558. The number of halogens is 6. The molecule has 3 rings (SSSR count). The molecule has 0 unspecified atom stereocenters. The molecule has 0 spiro atoms. The number of aryl methyl sites for hydroxylation is 1. The van der Waals surface area contributed by atoms with Crippen molar-refractivity contribution in [3.63, 3.8) is 0 Å². The molecule has 1 aromatic carbocycles. The van der Waals surface area contributed by atoms with E-state index in [1.54, 1.807) is 0 Å². The van der Waals surface area contributed by atoms with E-state index in [0.29, 0.717) is 23.8 Å². The topological polar surface area (TPSA) is 68.0 Å². The zero-order chi connectivity index (χ0) is 22.3. The first kappa shape index (κ1) is 21.3. The van der Waals surface area contributed by atoms with Gasteiger partial charge in [-0.15, -0.1) is 0 Å². The van der Waals surface area contributed by atoms with Crippen LogP contribution in [0.5, 0.6) is 0 Å². The summed E-state index contributed by atoms with van der Waals surface area (Å²) >= 11 is 0. The van der Waals surface area contributed by atoms with Crippen molar-refractivity contribution in [1.29, 1.82) is 0 Å². The van der Waals surface area contributed by atoms with Gasteiger partial charge >= 0.3 is 18.3 Å². The van der Waals surface area contributed by atoms with Gasteiger partial charge in [0.2, 0.25) is 0 Å². The molecule has 1 N–H and O–H groups in total. The quantitative estimate of drug-likeness (QED) is 0.591. The van der Waals surface area contributed by atoms with Crippen molar-refractivity contribution in [2.24, 2.45) is 0 Å². The second-order valence-corrected chi connectivity index (χ2v) is 6.37. The summed E-state index contributed by atoms with van der Waals surface area (Å²) < 4.78 is 80.5. The van der Waals surface area contributed by atoms with Crippen LogP contribution in [0.25, 0.3) is 11.4 Å². The summed E-state index contributed by atoms with van der Waals surface area (Å²) in [4.78, 5) is 19.7. The molecule has 0 atom stereocenters. The third-order valence-corrected chi connectivity index (χ3v) is 4.33. The fourth-order valence-electron chi connectivity index (χ4n) is 3.06. The predicted molar refractivity (Wildman–Crippen MR) is 92.7 cm³/mol. The number of carboxylic acid groups (broad SMARTS) is 1. The Bertz CT molecular complexity index is 1090. The van der Waals surface area contributed by atoms with Crippen molar-refractivity contribution in [2.45, 2.75) is 25.8 Å². The summed E-state index contributed by atoms with van der Waals surface area (Å²) in [6, 6.07) is 4.07. The highest BCUT2D eigenvalue weighted by Crippen LogP contribution is 2.37. The van der Waals surface area contributed by atoms with E-state index in [2.05, 4.69) is 9.97 Å². The molecule has 3 aromatic rings. The molecule has 2 heterocycles. The van der Waals surface area contributed by atoms with E-state index in [-0.39, 0.29) is 11.5 Å². The van der Waals surface area contributed by atoms with Gasteiger partial charge in [0.15, 0.2) is 5.69 Å². The van der Waals surface area contributed by atoms with E-state index in [1.807, 2.05) is 0 Å². The number of alkyl halides is 6. The van der Waals surface area contributed by atoms with Crippen molar-refractivity contribution in [3.05, 3.63) is 70.8 Å². The average Bonchev–Trinajstić information content (AvgIpc) is 2.97. The standard InChI is InChI=1S/C19H13F6N3O2/c1-10-15(17(29)30)28(16(27-10)11-3-2-6-26-8-11)9-12-7-13(18(20,21)22)4-5-14(12)19(23,24)25/h2-8H,9H2,1H3,(H,29,30). The van der Waals surface area contributed by atoms with Crippen LogP contribution in [-0.4, -0.2) is 25.6 Å². The Morgan fingerprint density at radius 1 is 1.10 bits per heavy atom. The first-order valence-electron chi connectivity index (χ1n) is 8.37. The number of nitrogens with zero attached hydrogens (tertiary/aromatic N) is 3. The molecule has 2 aromatic heterocycles. The average molecular weight is 429 g/mol. The second kappa shape index (κ2) is 7.47. The number of carbonyl (C=O) groups is 1. The lowest BCUT2D eigenvalue weighted by Gasteiger charge is -2.18. The maximum atomic E-state index is 13.4. The lowest BCUT2D eigenvalue weighted by molar-refractivity contribution is -0.141. The largest absolute Gasteiger partial charge is 0.477 e. The molecular weight excluding hydrogens is 416 g/mol. The van der Waals surface area contributed by atoms with E-state index in [1.165, 1.54) is 31.5 Å². The number of aromatic carboxylic acids is 1. The minimum Gasteiger partial charge on any atom is -0.477 e. The van der Waals surface area contributed by atoms with Crippen LogP contribution < -0.4 is 0 Å². The van der Waals surface area contributed by atoms with Crippen LogP contribution in [0.15, 0.2) is 42.7 Å². The molecule has 158 valence electrons. The number of aromatic nitrogens is 3. The van der Waals surface area contributed by atoms with Crippen LogP contribution in [0.2, 0.25) is 0 Å². The maximum absolute atomic E-state index is 13.4. The fraction of sp³-hybridized carbons (Fsp3) is 0.211. The van der Waals surface area contributed by atoms with Crippen LogP contribution in [0.4, 0.5) is 26.3 Å². The first-order chi connectivity index (χ1) is 13.9. The summed E-state index contributed by atoms with van der Waals surface area (Å²) in [6.07, 6.45) is -7.06. The van der Waals surface area contributed by atoms with Crippen LogP contribution in [-0.2, 0) is 18.9 Å². The highest BCUT2D eigenvalue weighted by Gasteiger charge is 2.37. The molecular formula is C19H13F6N3O2. The lowest BCUT2D eigenvalue weighted by atomic mass is 10.0. The normalized spacial score (nSPS) is 12.2. The number of benzene rings is 1. The summed E-state index contributed by atoms with van der Waals surface area (Å²) in [5, 5.41) is 9.52. The van der Waals surface area contributed by atoms with Crippen LogP contribution in [0, 0.1) is 6.92 Å². The van der Waals surface area contributed by atoms with E-state index < -0.39 is 47.3 Å². The van der Waals surface area contributed by atoms with Crippen LogP contribution in [0.1, 0.15) is 32.9 Å². The molecule has 0 saturated carbocycles.